The summed E-state index contributed by atoms with van der Waals surface area (Å²) in [5.41, 5.74) is 0.159. The van der Waals surface area contributed by atoms with Crippen LogP contribution >= 0.6 is 11.6 Å². The maximum Gasteiger partial charge on any atom is 0.325 e. The van der Waals surface area contributed by atoms with Gasteiger partial charge in [-0.05, 0) is 48.9 Å². The first-order valence-electron chi connectivity index (χ1n) is 10.2. The lowest BCUT2D eigenvalue weighted by Crippen LogP contribution is -2.40. The molecule has 0 aliphatic carbocycles. The highest BCUT2D eigenvalue weighted by Crippen LogP contribution is 2.37. The highest BCUT2D eigenvalue weighted by Gasteiger charge is 2.49. The van der Waals surface area contributed by atoms with E-state index in [1.165, 1.54) is 0 Å². The summed E-state index contributed by atoms with van der Waals surface area (Å²) in [5.74, 6) is 1.55. The Morgan fingerprint density at radius 1 is 1.09 bits per heavy atom. The van der Waals surface area contributed by atoms with Gasteiger partial charge in [-0.2, -0.15) is 0 Å². The fourth-order valence-electron chi connectivity index (χ4n) is 3.78. The van der Waals surface area contributed by atoms with Crippen molar-refractivity contribution in [2.75, 3.05) is 13.2 Å². The van der Waals surface area contributed by atoms with Crippen LogP contribution < -0.4 is 14.8 Å². The van der Waals surface area contributed by atoms with Gasteiger partial charge in [-0.15, -0.1) is 0 Å². The molecule has 0 spiro atoms. The van der Waals surface area contributed by atoms with E-state index < -0.39 is 17.5 Å². The van der Waals surface area contributed by atoms with E-state index in [4.69, 9.17) is 25.5 Å². The zero-order valence-corrected chi connectivity index (χ0v) is 18.0. The van der Waals surface area contributed by atoms with Crippen LogP contribution in [0.25, 0.3) is 11.3 Å². The molecule has 0 radical (unpaired) electrons. The molecule has 164 valence electrons. The third kappa shape index (κ3) is 3.56. The van der Waals surface area contributed by atoms with Crippen molar-refractivity contribution in [3.63, 3.8) is 0 Å². The zero-order chi connectivity index (χ0) is 22.3. The maximum absolute atomic E-state index is 13.3. The van der Waals surface area contributed by atoms with E-state index in [2.05, 4.69) is 10.3 Å². The predicted octanol–water partition coefficient (Wildman–Crippen LogP) is 4.12. The number of imide groups is 1. The Morgan fingerprint density at radius 2 is 1.84 bits per heavy atom. The number of halogens is 1. The SMILES string of the molecule is CC1(c2ccc3c(c2)OCCCO3)NC(=O)N(Cc2ncc(-c3ccc(Cl)cc3)o2)C1=O. The van der Waals surface area contributed by atoms with E-state index in [1.807, 2.05) is 12.1 Å². The molecule has 3 amide bonds. The van der Waals surface area contributed by atoms with Crippen molar-refractivity contribution in [1.82, 2.24) is 15.2 Å². The van der Waals surface area contributed by atoms with Crippen LogP contribution in [0.3, 0.4) is 0 Å². The number of ether oxygens (including phenoxy) is 2. The summed E-state index contributed by atoms with van der Waals surface area (Å²) in [6.45, 7) is 2.68. The van der Waals surface area contributed by atoms with Crippen LogP contribution in [0.4, 0.5) is 4.79 Å². The number of nitrogens with one attached hydrogen (secondary N) is 1. The van der Waals surface area contributed by atoms with Gasteiger partial charge in [0.15, 0.2) is 17.3 Å². The Labute approximate surface area is 189 Å². The molecule has 8 nitrogen and oxygen atoms in total. The number of hydrogen-bond donors (Lipinski definition) is 1. The lowest BCUT2D eigenvalue weighted by atomic mass is 9.91. The first-order valence-corrected chi connectivity index (χ1v) is 10.6. The molecule has 1 atom stereocenters. The number of aromatic nitrogens is 1. The van der Waals surface area contributed by atoms with E-state index in [0.29, 0.717) is 41.1 Å². The van der Waals surface area contributed by atoms with E-state index in [1.54, 1.807) is 43.5 Å². The molecule has 32 heavy (non-hydrogen) atoms. The molecule has 2 aliphatic heterocycles. The number of rotatable bonds is 4. The van der Waals surface area contributed by atoms with Gasteiger partial charge in [0.1, 0.15) is 12.1 Å². The average molecular weight is 454 g/mol. The molecule has 2 aliphatic rings. The summed E-state index contributed by atoms with van der Waals surface area (Å²) in [5, 5.41) is 3.40. The summed E-state index contributed by atoms with van der Waals surface area (Å²) < 4.78 is 17.2. The number of carbonyl (C=O) groups excluding carboxylic acids is 2. The number of nitrogens with zero attached hydrogens (tertiary/aromatic N) is 2. The van der Waals surface area contributed by atoms with Crippen LogP contribution in [0.15, 0.2) is 53.1 Å². The van der Waals surface area contributed by atoms with Crippen LogP contribution in [0, 0.1) is 0 Å². The standard InChI is InChI=1S/C23H20ClN3O5/c1-23(15-5-8-17-18(11-15)31-10-2-9-30-17)21(28)27(22(29)26-23)13-20-25-12-19(32-20)14-3-6-16(24)7-4-14/h3-8,11-12H,2,9-10,13H2,1H3,(H,26,29). The number of fused-ring (bicyclic) bond motifs is 1. The maximum atomic E-state index is 13.3. The third-order valence-corrected chi connectivity index (χ3v) is 5.83. The highest BCUT2D eigenvalue weighted by molar-refractivity contribution is 6.30. The second kappa shape index (κ2) is 7.87. The zero-order valence-electron chi connectivity index (χ0n) is 17.3. The fraction of sp³-hybridized carbons (Fsp3) is 0.261. The molecule has 0 saturated carbocycles. The summed E-state index contributed by atoms with van der Waals surface area (Å²) >= 11 is 5.92. The summed E-state index contributed by atoms with van der Waals surface area (Å²) in [7, 11) is 0. The minimum Gasteiger partial charge on any atom is -0.490 e. The summed E-state index contributed by atoms with van der Waals surface area (Å²) in [6.07, 6.45) is 2.33. The Kier molecular flexibility index (Phi) is 5.01. The average Bonchev–Trinajstić information content (AvgIpc) is 3.23. The number of hydrogen-bond acceptors (Lipinski definition) is 6. The summed E-state index contributed by atoms with van der Waals surface area (Å²) in [4.78, 5) is 31.3. The fourth-order valence-corrected chi connectivity index (χ4v) is 3.90. The number of carbonyl (C=O) groups is 2. The molecule has 9 heteroatoms. The van der Waals surface area contributed by atoms with Crippen LogP contribution in [-0.2, 0) is 16.9 Å². The number of amides is 3. The lowest BCUT2D eigenvalue weighted by molar-refractivity contribution is -0.131. The molecular weight excluding hydrogens is 434 g/mol. The molecule has 2 aromatic carbocycles. The van der Waals surface area contributed by atoms with E-state index in [0.717, 1.165) is 16.9 Å². The largest absolute Gasteiger partial charge is 0.490 e. The number of benzene rings is 2. The van der Waals surface area contributed by atoms with E-state index in [-0.39, 0.29) is 12.4 Å². The molecule has 5 rings (SSSR count). The number of oxazole rings is 1. The van der Waals surface area contributed by atoms with Crippen LogP contribution in [0.2, 0.25) is 5.02 Å². The Bertz CT molecular complexity index is 1190. The monoisotopic (exact) mass is 453 g/mol. The molecular formula is C23H20ClN3O5. The van der Waals surface area contributed by atoms with E-state index in [9.17, 15) is 9.59 Å². The van der Waals surface area contributed by atoms with Crippen LogP contribution in [-0.4, -0.2) is 35.0 Å². The van der Waals surface area contributed by atoms with Crippen molar-refractivity contribution in [2.24, 2.45) is 0 Å². The van der Waals surface area contributed by atoms with Crippen LogP contribution in [0.5, 0.6) is 11.5 Å². The smallest absolute Gasteiger partial charge is 0.325 e. The van der Waals surface area contributed by atoms with Crippen LogP contribution in [0.1, 0.15) is 24.8 Å². The van der Waals surface area contributed by atoms with Crippen molar-refractivity contribution in [3.8, 4) is 22.8 Å². The van der Waals surface area contributed by atoms with Crippen molar-refractivity contribution in [1.29, 1.82) is 0 Å². The molecule has 3 aromatic rings. The minimum atomic E-state index is -1.24. The molecule has 3 heterocycles. The number of urea groups is 1. The van der Waals surface area contributed by atoms with Gasteiger partial charge in [-0.1, -0.05) is 17.7 Å². The molecule has 0 bridgehead atoms. The van der Waals surface area contributed by atoms with Gasteiger partial charge < -0.3 is 19.2 Å². The second-order valence-electron chi connectivity index (χ2n) is 7.78. The summed E-state index contributed by atoms with van der Waals surface area (Å²) in [6, 6.07) is 11.9. The Morgan fingerprint density at radius 3 is 2.62 bits per heavy atom. The van der Waals surface area contributed by atoms with Gasteiger partial charge in [0.05, 0.1) is 19.4 Å². The van der Waals surface area contributed by atoms with Crippen molar-refractivity contribution < 1.29 is 23.5 Å². The third-order valence-electron chi connectivity index (χ3n) is 5.58. The molecule has 1 unspecified atom stereocenters. The normalized spacial score (nSPS) is 20.2. The topological polar surface area (TPSA) is 93.9 Å². The second-order valence-corrected chi connectivity index (χ2v) is 8.22. The van der Waals surface area contributed by atoms with Gasteiger partial charge in [-0.3, -0.25) is 9.69 Å². The van der Waals surface area contributed by atoms with Gasteiger partial charge in [0.25, 0.3) is 5.91 Å². The first-order chi connectivity index (χ1) is 15.4. The van der Waals surface area contributed by atoms with E-state index >= 15 is 0 Å². The molecule has 1 N–H and O–H groups in total. The Hall–Kier alpha value is -3.52. The van der Waals surface area contributed by atoms with Gasteiger partial charge in [0.2, 0.25) is 5.89 Å². The molecule has 1 fully saturated rings. The molecule has 1 saturated heterocycles. The van der Waals surface area contributed by atoms with Gasteiger partial charge in [0, 0.05) is 17.0 Å². The molecule has 1 aromatic heterocycles. The first kappa shape index (κ1) is 20.4. The van der Waals surface area contributed by atoms with Gasteiger partial charge in [-0.25, -0.2) is 9.78 Å². The predicted molar refractivity (Wildman–Crippen MR) is 115 cm³/mol. The Balaban J connectivity index is 1.37. The quantitative estimate of drug-likeness (QED) is 0.597. The van der Waals surface area contributed by atoms with Crippen molar-refractivity contribution in [3.05, 3.63) is 65.1 Å². The van der Waals surface area contributed by atoms with Gasteiger partial charge >= 0.3 is 6.03 Å². The van der Waals surface area contributed by atoms with Crippen molar-refractivity contribution in [2.45, 2.75) is 25.4 Å². The minimum absolute atomic E-state index is 0.0849. The lowest BCUT2D eigenvalue weighted by Gasteiger charge is -2.23. The highest BCUT2D eigenvalue weighted by atomic mass is 35.5. The van der Waals surface area contributed by atoms with Crippen molar-refractivity contribution >= 4 is 23.5 Å².